The molecular weight excluding hydrogens is 398 g/mol. The zero-order valence-electron chi connectivity index (χ0n) is 17.1. The molecule has 0 saturated heterocycles. The highest BCUT2D eigenvalue weighted by Crippen LogP contribution is 2.29. The normalized spacial score (nSPS) is 13.4. The number of aliphatic hydroxyl groups excluding tert-OH is 1. The number of imidazole rings is 1. The zero-order chi connectivity index (χ0) is 22.0. The van der Waals surface area contributed by atoms with Gasteiger partial charge in [0.25, 0.3) is 0 Å². The third-order valence-electron chi connectivity index (χ3n) is 5.30. The minimum atomic E-state index is -0.729. The summed E-state index contributed by atoms with van der Waals surface area (Å²) >= 11 is 0. The summed E-state index contributed by atoms with van der Waals surface area (Å²) in [6.45, 7) is 2.91. The van der Waals surface area contributed by atoms with Crippen molar-refractivity contribution in [2.75, 3.05) is 13.7 Å². The number of cyclic esters (lactones) is 1. The average Bonchev–Trinajstić information content (AvgIpc) is 3.41. The molecule has 0 unspecified atom stereocenters. The summed E-state index contributed by atoms with van der Waals surface area (Å²) in [5.41, 5.74) is 4.18. The third-order valence-corrected chi connectivity index (χ3v) is 5.30. The average molecular weight is 419 g/mol. The quantitative estimate of drug-likeness (QED) is 0.557. The molecule has 0 spiro atoms. The number of aromatic nitrogens is 3. The summed E-state index contributed by atoms with van der Waals surface area (Å²) in [5.74, 6) is 0.711. The first-order valence-corrected chi connectivity index (χ1v) is 9.67. The van der Waals surface area contributed by atoms with Crippen LogP contribution in [0.2, 0.25) is 0 Å². The number of carbonyl (C=O) groups is 1. The van der Waals surface area contributed by atoms with Gasteiger partial charge >= 0.3 is 5.97 Å². The van der Waals surface area contributed by atoms with Gasteiger partial charge in [0, 0.05) is 30.9 Å². The molecule has 2 N–H and O–H groups in total. The maximum absolute atomic E-state index is 11.7. The number of benzene rings is 1. The van der Waals surface area contributed by atoms with Crippen LogP contribution in [0.25, 0.3) is 5.82 Å². The Morgan fingerprint density at radius 1 is 1.42 bits per heavy atom. The molecule has 2 aromatic heterocycles. The van der Waals surface area contributed by atoms with E-state index in [9.17, 15) is 9.90 Å². The highest BCUT2D eigenvalue weighted by molar-refractivity contribution is 5.93. The first kappa shape index (κ1) is 20.5. The number of pyridine rings is 1. The molecule has 1 atom stereocenters. The number of hydrogen-bond donors (Lipinski definition) is 2. The van der Waals surface area contributed by atoms with E-state index in [1.165, 1.54) is 13.3 Å². The molecule has 0 fully saturated rings. The molecule has 158 valence electrons. The molecule has 0 amide bonds. The molecule has 0 saturated carbocycles. The predicted octanol–water partition coefficient (Wildman–Crippen LogP) is 1.95. The van der Waals surface area contributed by atoms with Crippen LogP contribution >= 0.6 is 0 Å². The highest BCUT2D eigenvalue weighted by Gasteiger charge is 2.25. The van der Waals surface area contributed by atoms with E-state index in [-0.39, 0.29) is 12.6 Å². The van der Waals surface area contributed by atoms with Crippen molar-refractivity contribution < 1.29 is 19.4 Å². The molecule has 4 rings (SSSR count). The SMILES string of the molecule is COc1cc(-n2cnc(CNC[C@H](O)c3ccc4c(c3C)COC4=O)c2)ncc1C#N. The maximum Gasteiger partial charge on any atom is 0.338 e. The van der Waals surface area contributed by atoms with E-state index < -0.39 is 6.10 Å². The van der Waals surface area contributed by atoms with Crippen LogP contribution < -0.4 is 10.1 Å². The molecule has 9 nitrogen and oxygen atoms in total. The predicted molar refractivity (Wildman–Crippen MR) is 110 cm³/mol. The van der Waals surface area contributed by atoms with E-state index >= 15 is 0 Å². The maximum atomic E-state index is 11.7. The molecule has 0 bridgehead atoms. The van der Waals surface area contributed by atoms with Crippen molar-refractivity contribution in [3.05, 3.63) is 70.4 Å². The van der Waals surface area contributed by atoms with Crippen LogP contribution in [0.15, 0.2) is 36.9 Å². The number of methoxy groups -OCH3 is 1. The summed E-state index contributed by atoms with van der Waals surface area (Å²) in [4.78, 5) is 20.3. The van der Waals surface area contributed by atoms with Crippen molar-refractivity contribution in [3.63, 3.8) is 0 Å². The molecular formula is C22H21N5O4. The van der Waals surface area contributed by atoms with Gasteiger partial charge in [-0.1, -0.05) is 6.07 Å². The fourth-order valence-electron chi connectivity index (χ4n) is 3.58. The van der Waals surface area contributed by atoms with Crippen LogP contribution in [0.5, 0.6) is 5.75 Å². The monoisotopic (exact) mass is 419 g/mol. The molecule has 1 aliphatic heterocycles. The van der Waals surface area contributed by atoms with Crippen LogP contribution in [0.4, 0.5) is 0 Å². The van der Waals surface area contributed by atoms with Crippen molar-refractivity contribution in [2.24, 2.45) is 0 Å². The van der Waals surface area contributed by atoms with E-state index in [4.69, 9.17) is 14.7 Å². The first-order chi connectivity index (χ1) is 15.0. The number of nitrogens with zero attached hydrogens (tertiary/aromatic N) is 4. The lowest BCUT2D eigenvalue weighted by Gasteiger charge is -2.16. The van der Waals surface area contributed by atoms with E-state index in [0.29, 0.717) is 35.8 Å². The smallest absolute Gasteiger partial charge is 0.338 e. The summed E-state index contributed by atoms with van der Waals surface area (Å²) < 4.78 is 12.0. The van der Waals surface area contributed by atoms with Crippen molar-refractivity contribution in [1.82, 2.24) is 19.9 Å². The first-order valence-electron chi connectivity index (χ1n) is 9.67. The number of carbonyl (C=O) groups excluding carboxylic acids is 1. The summed E-state index contributed by atoms with van der Waals surface area (Å²) in [5, 5.41) is 22.9. The van der Waals surface area contributed by atoms with Gasteiger partial charge in [0.2, 0.25) is 0 Å². The highest BCUT2D eigenvalue weighted by atomic mass is 16.5. The van der Waals surface area contributed by atoms with Gasteiger partial charge < -0.3 is 19.9 Å². The Morgan fingerprint density at radius 2 is 2.26 bits per heavy atom. The Hall–Kier alpha value is -3.74. The molecule has 31 heavy (non-hydrogen) atoms. The topological polar surface area (TPSA) is 122 Å². The number of nitriles is 1. The van der Waals surface area contributed by atoms with Crippen molar-refractivity contribution >= 4 is 5.97 Å². The van der Waals surface area contributed by atoms with Gasteiger partial charge in [-0.25, -0.2) is 14.8 Å². The largest absolute Gasteiger partial charge is 0.495 e. The van der Waals surface area contributed by atoms with Gasteiger partial charge in [-0.05, 0) is 24.1 Å². The summed E-state index contributed by atoms with van der Waals surface area (Å²) in [6, 6.07) is 7.18. The van der Waals surface area contributed by atoms with E-state index in [2.05, 4.69) is 15.3 Å². The minimum absolute atomic E-state index is 0.250. The lowest BCUT2D eigenvalue weighted by molar-refractivity contribution is 0.0535. The Bertz CT molecular complexity index is 1180. The standard InChI is InChI=1S/C22H21N5O4/c1-13-16(3-4-17-18(13)11-31-22(17)29)19(28)9-24-8-15-10-27(12-26-15)21-5-20(30-2)14(6-23)7-25-21/h3-5,7,10,12,19,24,28H,8-9,11H2,1-2H3/t19-/m0/s1. The Morgan fingerprint density at radius 3 is 3.03 bits per heavy atom. The molecule has 1 aliphatic rings. The lowest BCUT2D eigenvalue weighted by atomic mass is 9.95. The number of hydrogen-bond acceptors (Lipinski definition) is 8. The number of nitrogens with one attached hydrogen (secondary N) is 1. The third kappa shape index (κ3) is 3.99. The van der Waals surface area contributed by atoms with E-state index in [1.807, 2.05) is 19.2 Å². The van der Waals surface area contributed by atoms with Crippen LogP contribution in [-0.4, -0.2) is 39.3 Å². The van der Waals surface area contributed by atoms with Crippen LogP contribution in [0.1, 0.15) is 44.4 Å². The van der Waals surface area contributed by atoms with Gasteiger partial charge in [0.15, 0.2) is 0 Å². The molecule has 3 aromatic rings. The van der Waals surface area contributed by atoms with E-state index in [0.717, 1.165) is 22.4 Å². The van der Waals surface area contributed by atoms with Crippen molar-refractivity contribution in [1.29, 1.82) is 5.26 Å². The Labute approximate surface area is 178 Å². The van der Waals surface area contributed by atoms with Crippen molar-refractivity contribution in [2.45, 2.75) is 26.2 Å². The molecule has 3 heterocycles. The van der Waals surface area contributed by atoms with Crippen LogP contribution in [0.3, 0.4) is 0 Å². The minimum Gasteiger partial charge on any atom is -0.495 e. The second-order valence-electron chi connectivity index (χ2n) is 7.16. The second kappa shape index (κ2) is 8.55. The number of aliphatic hydroxyl groups is 1. The Balaban J connectivity index is 1.39. The van der Waals surface area contributed by atoms with Crippen LogP contribution in [-0.2, 0) is 17.9 Å². The van der Waals surface area contributed by atoms with Crippen LogP contribution in [0, 0.1) is 18.3 Å². The van der Waals surface area contributed by atoms with Gasteiger partial charge in [-0.3, -0.25) is 4.57 Å². The van der Waals surface area contributed by atoms with Gasteiger partial charge in [-0.15, -0.1) is 0 Å². The zero-order valence-corrected chi connectivity index (χ0v) is 17.1. The lowest BCUT2D eigenvalue weighted by Crippen LogP contribution is -2.22. The second-order valence-corrected chi connectivity index (χ2v) is 7.16. The number of fused-ring (bicyclic) bond motifs is 1. The summed E-state index contributed by atoms with van der Waals surface area (Å²) in [7, 11) is 1.50. The Kier molecular flexibility index (Phi) is 5.66. The fourth-order valence-corrected chi connectivity index (χ4v) is 3.58. The fraction of sp³-hybridized carbons (Fsp3) is 0.273. The number of ether oxygens (including phenoxy) is 2. The molecule has 9 heteroatoms. The summed E-state index contributed by atoms with van der Waals surface area (Å²) in [6.07, 6.45) is 4.17. The number of rotatable bonds is 7. The van der Waals surface area contributed by atoms with Gasteiger partial charge in [0.1, 0.15) is 36.1 Å². The van der Waals surface area contributed by atoms with Gasteiger partial charge in [0.05, 0.1) is 30.7 Å². The molecule has 1 aromatic carbocycles. The number of esters is 1. The molecule has 0 aliphatic carbocycles. The molecule has 0 radical (unpaired) electrons. The van der Waals surface area contributed by atoms with Gasteiger partial charge in [-0.2, -0.15) is 5.26 Å². The van der Waals surface area contributed by atoms with E-state index in [1.54, 1.807) is 29.1 Å². The van der Waals surface area contributed by atoms with Crippen molar-refractivity contribution in [3.8, 4) is 17.6 Å².